The maximum Gasteiger partial charge on any atom is 0.412 e. The van der Waals surface area contributed by atoms with Gasteiger partial charge in [0.25, 0.3) is 0 Å². The molecule has 1 unspecified atom stereocenters. The van der Waals surface area contributed by atoms with Gasteiger partial charge in [0.15, 0.2) is 0 Å². The maximum absolute atomic E-state index is 13.9. The van der Waals surface area contributed by atoms with Crippen molar-refractivity contribution in [3.8, 4) is 0 Å². The Morgan fingerprint density at radius 2 is 2.09 bits per heavy atom. The molecule has 0 heterocycles. The Bertz CT molecular complexity index is 553. The Morgan fingerprint density at radius 1 is 1.39 bits per heavy atom. The van der Waals surface area contributed by atoms with E-state index < -0.39 is 17.5 Å². The predicted octanol–water partition coefficient (Wildman–Crippen LogP) is 4.01. The number of hydrogen-bond acceptors (Lipinski definition) is 4. The lowest BCUT2D eigenvalue weighted by atomic mass is 10.1. The molecule has 1 atom stereocenters. The monoisotopic (exact) mass is 324 g/mol. The molecule has 5 nitrogen and oxygen atoms in total. The van der Waals surface area contributed by atoms with Gasteiger partial charge in [-0.2, -0.15) is 0 Å². The zero-order valence-corrected chi connectivity index (χ0v) is 14.1. The Morgan fingerprint density at radius 3 is 2.65 bits per heavy atom. The van der Waals surface area contributed by atoms with Crippen LogP contribution in [0.1, 0.15) is 33.6 Å². The van der Waals surface area contributed by atoms with Gasteiger partial charge in [-0.25, -0.2) is 9.18 Å². The summed E-state index contributed by atoms with van der Waals surface area (Å²) in [7, 11) is 1.66. The fourth-order valence-corrected chi connectivity index (χ4v) is 2.31. The van der Waals surface area contributed by atoms with Crippen molar-refractivity contribution >= 4 is 17.5 Å². The van der Waals surface area contributed by atoms with Gasteiger partial charge in [0.1, 0.15) is 11.4 Å². The lowest BCUT2D eigenvalue weighted by molar-refractivity contribution is 0.0635. The van der Waals surface area contributed by atoms with Gasteiger partial charge in [0.05, 0.1) is 18.3 Å². The number of benzene rings is 1. The summed E-state index contributed by atoms with van der Waals surface area (Å²) in [5.74, 6) is 0.0818. The van der Waals surface area contributed by atoms with Crippen LogP contribution in [0.25, 0.3) is 0 Å². The molecule has 1 fully saturated rings. The number of nitrogens with one attached hydrogen (secondary N) is 2. The minimum atomic E-state index is -0.677. The molecule has 23 heavy (non-hydrogen) atoms. The van der Waals surface area contributed by atoms with Crippen molar-refractivity contribution in [1.82, 2.24) is 0 Å². The number of ether oxygens (including phenoxy) is 2. The number of carbonyl (C=O) groups is 1. The number of amides is 1. The van der Waals surface area contributed by atoms with E-state index in [0.29, 0.717) is 12.5 Å². The molecule has 1 aliphatic rings. The Kier molecular flexibility index (Phi) is 5.46. The van der Waals surface area contributed by atoms with Crippen molar-refractivity contribution in [3.05, 3.63) is 24.0 Å². The van der Waals surface area contributed by atoms with E-state index >= 15 is 0 Å². The molecule has 1 saturated carbocycles. The number of carbonyl (C=O) groups excluding carboxylic acids is 1. The van der Waals surface area contributed by atoms with Crippen molar-refractivity contribution in [2.45, 2.75) is 45.3 Å². The first kappa shape index (κ1) is 17.5. The van der Waals surface area contributed by atoms with Crippen LogP contribution in [0.5, 0.6) is 0 Å². The Labute approximate surface area is 136 Å². The summed E-state index contributed by atoms with van der Waals surface area (Å²) in [6.45, 7) is 5.86. The van der Waals surface area contributed by atoms with Crippen LogP contribution in [0.3, 0.4) is 0 Å². The summed E-state index contributed by atoms with van der Waals surface area (Å²) in [5.41, 5.74) is 0.203. The van der Waals surface area contributed by atoms with Crippen molar-refractivity contribution < 1.29 is 18.7 Å². The van der Waals surface area contributed by atoms with E-state index in [9.17, 15) is 9.18 Å². The fraction of sp³-hybridized carbons (Fsp3) is 0.588. The molecule has 0 spiro atoms. The summed E-state index contributed by atoms with van der Waals surface area (Å²) >= 11 is 0. The van der Waals surface area contributed by atoms with Crippen molar-refractivity contribution in [1.29, 1.82) is 0 Å². The summed E-state index contributed by atoms with van der Waals surface area (Å²) in [4.78, 5) is 11.8. The first-order chi connectivity index (χ1) is 10.8. The SMILES string of the molecule is COCC(Nc1ccc(F)c(NC(=O)OC(C)(C)C)c1)C1CC1. The average molecular weight is 324 g/mol. The van der Waals surface area contributed by atoms with Crippen LogP contribution in [-0.2, 0) is 9.47 Å². The zero-order valence-electron chi connectivity index (χ0n) is 14.1. The van der Waals surface area contributed by atoms with E-state index in [1.54, 1.807) is 40.0 Å². The highest BCUT2D eigenvalue weighted by Crippen LogP contribution is 2.34. The zero-order chi connectivity index (χ0) is 17.0. The number of anilines is 2. The summed E-state index contributed by atoms with van der Waals surface area (Å²) in [6.07, 6.45) is 1.67. The summed E-state index contributed by atoms with van der Waals surface area (Å²) in [6, 6.07) is 4.75. The van der Waals surface area contributed by atoms with Crippen LogP contribution in [0, 0.1) is 11.7 Å². The molecule has 1 aromatic carbocycles. The third-order valence-electron chi connectivity index (χ3n) is 3.49. The minimum absolute atomic E-state index is 0.0937. The van der Waals surface area contributed by atoms with E-state index in [1.807, 2.05) is 0 Å². The van der Waals surface area contributed by atoms with Gasteiger partial charge in [0.2, 0.25) is 0 Å². The highest BCUT2D eigenvalue weighted by atomic mass is 19.1. The average Bonchev–Trinajstić information content (AvgIpc) is 3.24. The number of methoxy groups -OCH3 is 1. The third kappa shape index (κ3) is 5.71. The van der Waals surface area contributed by atoms with E-state index in [-0.39, 0.29) is 11.7 Å². The quantitative estimate of drug-likeness (QED) is 0.830. The number of hydrogen-bond donors (Lipinski definition) is 2. The molecule has 1 aliphatic carbocycles. The molecule has 2 rings (SSSR count). The molecule has 0 aliphatic heterocycles. The maximum atomic E-state index is 13.9. The van der Waals surface area contributed by atoms with Crippen LogP contribution in [-0.4, -0.2) is 31.5 Å². The van der Waals surface area contributed by atoms with E-state index in [0.717, 1.165) is 5.69 Å². The van der Waals surface area contributed by atoms with Crippen molar-refractivity contribution in [3.63, 3.8) is 0 Å². The Balaban J connectivity index is 2.04. The van der Waals surface area contributed by atoms with Crippen LogP contribution in [0.4, 0.5) is 20.6 Å². The molecule has 2 N–H and O–H groups in total. The predicted molar refractivity (Wildman–Crippen MR) is 88.3 cm³/mol. The fourth-order valence-electron chi connectivity index (χ4n) is 2.31. The molecule has 128 valence electrons. The van der Waals surface area contributed by atoms with Crippen LogP contribution in [0.15, 0.2) is 18.2 Å². The first-order valence-electron chi connectivity index (χ1n) is 7.83. The standard InChI is InChI=1S/C17H25FN2O3/c1-17(2,3)23-16(21)20-14-9-12(7-8-13(14)18)19-15(10-22-4)11-5-6-11/h7-9,11,15,19H,5-6,10H2,1-4H3,(H,20,21). The van der Waals surface area contributed by atoms with E-state index in [1.165, 1.54) is 18.9 Å². The molecule has 0 saturated heterocycles. The molecule has 0 radical (unpaired) electrons. The summed E-state index contributed by atoms with van der Waals surface area (Å²) < 4.78 is 24.3. The van der Waals surface area contributed by atoms with Gasteiger partial charge in [-0.15, -0.1) is 0 Å². The lowest BCUT2D eigenvalue weighted by Gasteiger charge is -2.21. The topological polar surface area (TPSA) is 59.6 Å². The molecular weight excluding hydrogens is 299 g/mol. The van der Waals surface area contributed by atoms with Gasteiger partial charge >= 0.3 is 6.09 Å². The smallest absolute Gasteiger partial charge is 0.412 e. The molecule has 0 aromatic heterocycles. The first-order valence-corrected chi connectivity index (χ1v) is 7.83. The third-order valence-corrected chi connectivity index (χ3v) is 3.49. The Hall–Kier alpha value is -1.82. The number of rotatable bonds is 6. The van der Waals surface area contributed by atoms with Crippen LogP contribution in [0.2, 0.25) is 0 Å². The van der Waals surface area contributed by atoms with E-state index in [2.05, 4.69) is 10.6 Å². The minimum Gasteiger partial charge on any atom is -0.444 e. The largest absolute Gasteiger partial charge is 0.444 e. The second-order valence-electron chi connectivity index (χ2n) is 6.87. The highest BCUT2D eigenvalue weighted by molar-refractivity contribution is 5.85. The second-order valence-corrected chi connectivity index (χ2v) is 6.87. The van der Waals surface area contributed by atoms with Gasteiger partial charge in [-0.3, -0.25) is 5.32 Å². The van der Waals surface area contributed by atoms with Crippen LogP contribution < -0.4 is 10.6 Å². The highest BCUT2D eigenvalue weighted by Gasteiger charge is 2.31. The molecule has 0 bridgehead atoms. The molecule has 1 aromatic rings. The van der Waals surface area contributed by atoms with Gasteiger partial charge < -0.3 is 14.8 Å². The summed E-state index contributed by atoms with van der Waals surface area (Å²) in [5, 5.41) is 5.80. The molecule has 1 amide bonds. The molecular formula is C17H25FN2O3. The van der Waals surface area contributed by atoms with Gasteiger partial charge in [-0.05, 0) is 57.7 Å². The lowest BCUT2D eigenvalue weighted by Crippen LogP contribution is -2.28. The molecule has 6 heteroatoms. The van der Waals surface area contributed by atoms with Crippen molar-refractivity contribution in [2.24, 2.45) is 5.92 Å². The van der Waals surface area contributed by atoms with Crippen molar-refractivity contribution in [2.75, 3.05) is 24.4 Å². The van der Waals surface area contributed by atoms with Crippen LogP contribution >= 0.6 is 0 Å². The van der Waals surface area contributed by atoms with E-state index in [4.69, 9.17) is 9.47 Å². The van der Waals surface area contributed by atoms with Gasteiger partial charge in [-0.1, -0.05) is 0 Å². The number of halogens is 1. The van der Waals surface area contributed by atoms with Gasteiger partial charge in [0, 0.05) is 12.8 Å². The normalized spacial score (nSPS) is 15.9. The second kappa shape index (κ2) is 7.17.